The molecule has 0 unspecified atom stereocenters. The van der Waals surface area contributed by atoms with Crippen molar-refractivity contribution < 1.29 is 4.52 Å². The van der Waals surface area contributed by atoms with E-state index in [4.69, 9.17) is 9.78 Å². The zero-order valence-corrected chi connectivity index (χ0v) is 14.4. The highest BCUT2D eigenvalue weighted by molar-refractivity contribution is 5.79. The molecule has 0 bridgehead atoms. The van der Waals surface area contributed by atoms with Crippen LogP contribution in [-0.4, -0.2) is 18.2 Å². The topological polar surface area (TPSA) is 86.2 Å². The van der Waals surface area contributed by atoms with Gasteiger partial charge in [0.15, 0.2) is 5.96 Å². The maximum atomic E-state index is 8.82. The largest absolute Gasteiger partial charge is 0.361 e. The van der Waals surface area contributed by atoms with Gasteiger partial charge >= 0.3 is 0 Å². The molecule has 0 amide bonds. The molecule has 6 nitrogen and oxygen atoms in total. The summed E-state index contributed by atoms with van der Waals surface area (Å²) in [5, 5.41) is 19.5. The van der Waals surface area contributed by atoms with Crippen molar-refractivity contribution >= 4 is 5.96 Å². The Morgan fingerprint density at radius 3 is 2.46 bits per heavy atom. The van der Waals surface area contributed by atoms with Gasteiger partial charge in [-0.05, 0) is 24.1 Å². The van der Waals surface area contributed by atoms with E-state index in [1.165, 1.54) is 0 Å². The lowest BCUT2D eigenvalue weighted by atomic mass is 10.1. The molecule has 0 saturated carbocycles. The maximum Gasteiger partial charge on any atom is 0.191 e. The average Bonchev–Trinajstić information content (AvgIpc) is 3.04. The Morgan fingerprint density at radius 2 is 1.88 bits per heavy atom. The molecule has 2 rings (SSSR count). The molecule has 0 fully saturated rings. The summed E-state index contributed by atoms with van der Waals surface area (Å²) in [5.74, 6) is 1.63. The molecule has 24 heavy (non-hydrogen) atoms. The quantitative estimate of drug-likeness (QED) is 0.629. The van der Waals surface area contributed by atoms with Crippen molar-refractivity contribution in [3.63, 3.8) is 0 Å². The average molecular weight is 325 g/mol. The van der Waals surface area contributed by atoms with E-state index in [9.17, 15) is 0 Å². The van der Waals surface area contributed by atoms with Crippen molar-refractivity contribution in [3.05, 3.63) is 52.4 Å². The normalized spacial score (nSPS) is 11.2. The number of nitriles is 1. The van der Waals surface area contributed by atoms with E-state index in [1.807, 2.05) is 24.3 Å². The lowest BCUT2D eigenvalue weighted by Gasteiger charge is -2.12. The molecule has 6 heteroatoms. The van der Waals surface area contributed by atoms with Crippen LogP contribution in [0.25, 0.3) is 0 Å². The number of rotatable bonds is 6. The summed E-state index contributed by atoms with van der Waals surface area (Å²) in [6, 6.07) is 9.61. The first-order valence-corrected chi connectivity index (χ1v) is 8.11. The Balaban J connectivity index is 1.93. The summed E-state index contributed by atoms with van der Waals surface area (Å²) in [6.07, 6.45) is 1.67. The molecule has 1 heterocycles. The first-order chi connectivity index (χ1) is 11.7. The Kier molecular flexibility index (Phi) is 6.38. The minimum Gasteiger partial charge on any atom is -0.361 e. The van der Waals surface area contributed by atoms with Gasteiger partial charge in [-0.3, -0.25) is 4.99 Å². The van der Waals surface area contributed by atoms with Gasteiger partial charge in [-0.2, -0.15) is 5.26 Å². The highest BCUT2D eigenvalue weighted by Crippen LogP contribution is 2.15. The van der Waals surface area contributed by atoms with E-state index in [-0.39, 0.29) is 0 Å². The first-order valence-electron chi connectivity index (χ1n) is 8.11. The van der Waals surface area contributed by atoms with E-state index < -0.39 is 0 Å². The smallest absolute Gasteiger partial charge is 0.191 e. The molecule has 0 aliphatic heterocycles. The van der Waals surface area contributed by atoms with Crippen LogP contribution < -0.4 is 10.6 Å². The molecular weight excluding hydrogens is 302 g/mol. The number of nitrogens with one attached hydrogen (secondary N) is 2. The second-order valence-electron chi connectivity index (χ2n) is 5.33. The monoisotopic (exact) mass is 325 g/mol. The molecule has 2 N–H and O–H groups in total. The summed E-state index contributed by atoms with van der Waals surface area (Å²) in [6.45, 7) is 5.39. The molecular formula is C18H23N5O. The van der Waals surface area contributed by atoms with Crippen LogP contribution in [0.4, 0.5) is 0 Å². The Hall–Kier alpha value is -2.81. The summed E-state index contributed by atoms with van der Waals surface area (Å²) >= 11 is 0. The van der Waals surface area contributed by atoms with Crippen LogP contribution in [0.5, 0.6) is 0 Å². The summed E-state index contributed by atoms with van der Waals surface area (Å²) in [7, 11) is 1.74. The van der Waals surface area contributed by atoms with Gasteiger partial charge in [0.1, 0.15) is 5.76 Å². The van der Waals surface area contributed by atoms with Crippen LogP contribution in [0, 0.1) is 11.3 Å². The van der Waals surface area contributed by atoms with Crippen LogP contribution >= 0.6 is 0 Å². The molecule has 2 aromatic rings. The third kappa shape index (κ3) is 4.35. The van der Waals surface area contributed by atoms with Crippen LogP contribution in [0.3, 0.4) is 0 Å². The Labute approximate surface area is 142 Å². The van der Waals surface area contributed by atoms with Crippen LogP contribution in [0.1, 0.15) is 42.0 Å². The zero-order valence-electron chi connectivity index (χ0n) is 14.4. The third-order valence-corrected chi connectivity index (χ3v) is 3.81. The van der Waals surface area contributed by atoms with E-state index >= 15 is 0 Å². The van der Waals surface area contributed by atoms with Crippen molar-refractivity contribution in [1.29, 1.82) is 5.26 Å². The van der Waals surface area contributed by atoms with Crippen molar-refractivity contribution in [2.45, 2.75) is 39.8 Å². The van der Waals surface area contributed by atoms with Gasteiger partial charge in [0.25, 0.3) is 0 Å². The van der Waals surface area contributed by atoms with Gasteiger partial charge in [0.2, 0.25) is 0 Å². The lowest BCUT2D eigenvalue weighted by molar-refractivity contribution is 0.380. The number of guanidine groups is 1. The predicted molar refractivity (Wildman–Crippen MR) is 93.5 cm³/mol. The predicted octanol–water partition coefficient (Wildman–Crippen LogP) is 2.54. The van der Waals surface area contributed by atoms with Gasteiger partial charge in [-0.15, -0.1) is 0 Å². The lowest BCUT2D eigenvalue weighted by Crippen LogP contribution is -2.36. The van der Waals surface area contributed by atoms with Crippen molar-refractivity contribution in [2.75, 3.05) is 7.05 Å². The van der Waals surface area contributed by atoms with Gasteiger partial charge in [0.05, 0.1) is 17.3 Å². The maximum absolute atomic E-state index is 8.82. The van der Waals surface area contributed by atoms with Crippen LogP contribution in [0.2, 0.25) is 0 Å². The Morgan fingerprint density at radius 1 is 1.17 bits per heavy atom. The highest BCUT2D eigenvalue weighted by Gasteiger charge is 2.13. The van der Waals surface area contributed by atoms with Gasteiger partial charge in [-0.25, -0.2) is 0 Å². The molecule has 1 aromatic carbocycles. The third-order valence-electron chi connectivity index (χ3n) is 3.81. The number of hydrogen-bond acceptors (Lipinski definition) is 4. The van der Waals surface area contributed by atoms with E-state index in [0.717, 1.165) is 35.4 Å². The molecule has 0 spiro atoms. The molecule has 126 valence electrons. The number of nitrogens with zero attached hydrogens (tertiary/aromatic N) is 3. The molecule has 0 aliphatic rings. The number of aliphatic imine (C=N–C) groups is 1. The van der Waals surface area contributed by atoms with Crippen LogP contribution in [0.15, 0.2) is 33.8 Å². The van der Waals surface area contributed by atoms with Gasteiger partial charge in [-0.1, -0.05) is 31.1 Å². The van der Waals surface area contributed by atoms with E-state index in [1.54, 1.807) is 7.05 Å². The van der Waals surface area contributed by atoms with Crippen molar-refractivity contribution in [2.24, 2.45) is 4.99 Å². The minimum absolute atomic E-state index is 0.628. The second-order valence-corrected chi connectivity index (χ2v) is 5.33. The van der Waals surface area contributed by atoms with Crippen molar-refractivity contribution in [1.82, 2.24) is 15.8 Å². The molecule has 0 atom stereocenters. The molecule has 0 saturated heterocycles. The first kappa shape index (κ1) is 17.5. The number of aryl methyl sites for hydroxylation is 2. The molecule has 0 radical (unpaired) electrons. The minimum atomic E-state index is 0.628. The summed E-state index contributed by atoms with van der Waals surface area (Å²) in [4.78, 5) is 4.24. The summed E-state index contributed by atoms with van der Waals surface area (Å²) < 4.78 is 5.38. The zero-order chi connectivity index (χ0) is 17.4. The van der Waals surface area contributed by atoms with Gasteiger partial charge in [0, 0.05) is 32.1 Å². The van der Waals surface area contributed by atoms with E-state index in [2.05, 4.69) is 40.7 Å². The fraction of sp³-hybridized carbons (Fsp3) is 0.389. The Bertz CT molecular complexity index is 703. The standard InChI is InChI=1S/C18H23N5O/c1-4-16-15(17(5-2)24-23-16)12-22-18(20-3)21-11-14-8-6-13(10-19)7-9-14/h6-9H,4-5,11-12H2,1-3H3,(H2,20,21,22). The fourth-order valence-corrected chi connectivity index (χ4v) is 2.41. The highest BCUT2D eigenvalue weighted by atomic mass is 16.5. The van der Waals surface area contributed by atoms with E-state index in [0.29, 0.717) is 24.6 Å². The molecule has 1 aromatic heterocycles. The number of aromatic nitrogens is 1. The van der Waals surface area contributed by atoms with Crippen molar-refractivity contribution in [3.8, 4) is 6.07 Å². The number of benzene rings is 1. The number of hydrogen-bond donors (Lipinski definition) is 2. The summed E-state index contributed by atoms with van der Waals surface area (Å²) in [5.41, 5.74) is 3.85. The second kappa shape index (κ2) is 8.73. The fourth-order valence-electron chi connectivity index (χ4n) is 2.41. The van der Waals surface area contributed by atoms with Gasteiger partial charge < -0.3 is 15.2 Å². The SMILES string of the molecule is CCc1noc(CC)c1CNC(=NC)NCc1ccc(C#N)cc1. The molecule has 0 aliphatic carbocycles. The van der Waals surface area contributed by atoms with Crippen LogP contribution in [-0.2, 0) is 25.9 Å².